The van der Waals surface area contributed by atoms with Gasteiger partial charge in [0.05, 0.1) is 0 Å². The number of pyridine rings is 1. The van der Waals surface area contributed by atoms with Gasteiger partial charge in [0, 0.05) is 36.6 Å². The van der Waals surface area contributed by atoms with Crippen LogP contribution in [0.15, 0.2) is 30.5 Å². The number of aromatic nitrogens is 3. The van der Waals surface area contributed by atoms with Crippen LogP contribution < -0.4 is 16.2 Å². The monoisotopic (exact) mass is 324 g/mol. The SMILES string of the molecule is CCc1cc(NC2CCC3NNCC3C2)nc(-c2ccccn2)n1. The third kappa shape index (κ3) is 3.25. The molecule has 0 aromatic carbocycles. The molecule has 1 aliphatic heterocycles. The molecule has 2 fully saturated rings. The molecule has 24 heavy (non-hydrogen) atoms. The number of fused-ring (bicyclic) bond motifs is 1. The van der Waals surface area contributed by atoms with Gasteiger partial charge < -0.3 is 5.32 Å². The number of hydrogen-bond acceptors (Lipinski definition) is 6. The van der Waals surface area contributed by atoms with Crippen LogP contribution in [0.1, 0.15) is 31.9 Å². The minimum Gasteiger partial charge on any atom is -0.367 e. The number of hydrogen-bond donors (Lipinski definition) is 3. The molecule has 1 aliphatic carbocycles. The van der Waals surface area contributed by atoms with E-state index in [4.69, 9.17) is 4.98 Å². The van der Waals surface area contributed by atoms with Crippen molar-refractivity contribution < 1.29 is 0 Å². The highest BCUT2D eigenvalue weighted by Crippen LogP contribution is 2.29. The van der Waals surface area contributed by atoms with Gasteiger partial charge in [-0.25, -0.2) is 9.97 Å². The van der Waals surface area contributed by atoms with Crippen LogP contribution >= 0.6 is 0 Å². The van der Waals surface area contributed by atoms with Crippen molar-refractivity contribution in [1.29, 1.82) is 0 Å². The van der Waals surface area contributed by atoms with Gasteiger partial charge in [0.15, 0.2) is 5.82 Å². The Morgan fingerprint density at radius 3 is 3.04 bits per heavy atom. The zero-order valence-corrected chi connectivity index (χ0v) is 14.0. The minimum absolute atomic E-state index is 0.476. The van der Waals surface area contributed by atoms with E-state index in [0.717, 1.165) is 30.2 Å². The van der Waals surface area contributed by atoms with E-state index in [1.165, 1.54) is 19.3 Å². The summed E-state index contributed by atoms with van der Waals surface area (Å²) < 4.78 is 0. The van der Waals surface area contributed by atoms with E-state index in [-0.39, 0.29) is 0 Å². The summed E-state index contributed by atoms with van der Waals surface area (Å²) in [7, 11) is 0. The predicted molar refractivity (Wildman–Crippen MR) is 94.3 cm³/mol. The molecule has 4 rings (SSSR count). The van der Waals surface area contributed by atoms with Crippen LogP contribution in [0.5, 0.6) is 0 Å². The Hall–Kier alpha value is -2.05. The second kappa shape index (κ2) is 6.83. The predicted octanol–water partition coefficient (Wildman–Crippen LogP) is 2.16. The molecule has 1 saturated carbocycles. The lowest BCUT2D eigenvalue weighted by Crippen LogP contribution is -2.39. The number of anilines is 1. The van der Waals surface area contributed by atoms with Crippen LogP contribution in [0.25, 0.3) is 11.5 Å². The lowest BCUT2D eigenvalue weighted by atomic mass is 9.83. The van der Waals surface area contributed by atoms with Gasteiger partial charge in [-0.3, -0.25) is 15.8 Å². The smallest absolute Gasteiger partial charge is 0.180 e. The molecule has 3 atom stereocenters. The number of rotatable bonds is 4. The molecule has 1 saturated heterocycles. The van der Waals surface area contributed by atoms with E-state index in [2.05, 4.69) is 39.1 Å². The summed E-state index contributed by atoms with van der Waals surface area (Å²) in [4.78, 5) is 13.7. The Labute approximate surface area is 142 Å². The lowest BCUT2D eigenvalue weighted by molar-refractivity contribution is 0.314. The molecule has 0 radical (unpaired) electrons. The summed E-state index contributed by atoms with van der Waals surface area (Å²) >= 11 is 0. The summed E-state index contributed by atoms with van der Waals surface area (Å²) in [5.41, 5.74) is 8.54. The average molecular weight is 324 g/mol. The van der Waals surface area contributed by atoms with Gasteiger partial charge in [-0.15, -0.1) is 0 Å². The average Bonchev–Trinajstić information content (AvgIpc) is 3.10. The molecular weight excluding hydrogens is 300 g/mol. The summed E-state index contributed by atoms with van der Waals surface area (Å²) in [5, 5.41) is 3.64. The Balaban J connectivity index is 1.54. The fourth-order valence-corrected chi connectivity index (χ4v) is 3.70. The van der Waals surface area contributed by atoms with Crippen molar-refractivity contribution in [3.63, 3.8) is 0 Å². The maximum Gasteiger partial charge on any atom is 0.180 e. The Morgan fingerprint density at radius 1 is 1.25 bits per heavy atom. The molecule has 3 unspecified atom stereocenters. The van der Waals surface area contributed by atoms with Gasteiger partial charge >= 0.3 is 0 Å². The fraction of sp³-hybridized carbons (Fsp3) is 0.500. The first-order chi connectivity index (χ1) is 11.8. The lowest BCUT2D eigenvalue weighted by Gasteiger charge is -2.31. The largest absolute Gasteiger partial charge is 0.367 e. The Bertz CT molecular complexity index is 689. The standard InChI is InChI=1S/C18H24N6/c1-2-13-10-17(23-18(22-13)16-5-3-4-8-19-16)21-14-6-7-15-12(9-14)11-20-24-15/h3-5,8,10,12,14-15,20,24H,2,6-7,9,11H2,1H3,(H,21,22,23). The molecule has 2 aromatic heterocycles. The summed E-state index contributed by atoms with van der Waals surface area (Å²) in [6.07, 6.45) is 6.22. The number of hydrazine groups is 1. The van der Waals surface area contributed by atoms with Crippen molar-refractivity contribution in [3.8, 4) is 11.5 Å². The highest BCUT2D eigenvalue weighted by molar-refractivity contribution is 5.53. The van der Waals surface area contributed by atoms with Crippen LogP contribution in [0.4, 0.5) is 5.82 Å². The normalized spacial score (nSPS) is 26.1. The zero-order valence-electron chi connectivity index (χ0n) is 14.0. The Morgan fingerprint density at radius 2 is 2.21 bits per heavy atom. The van der Waals surface area contributed by atoms with Crippen molar-refractivity contribution in [3.05, 3.63) is 36.2 Å². The van der Waals surface area contributed by atoms with Crippen molar-refractivity contribution in [2.75, 3.05) is 11.9 Å². The summed E-state index contributed by atoms with van der Waals surface area (Å²) in [6, 6.07) is 9.02. The van der Waals surface area contributed by atoms with Crippen LogP contribution in [0, 0.1) is 5.92 Å². The molecule has 6 nitrogen and oxygen atoms in total. The Kier molecular flexibility index (Phi) is 4.40. The highest BCUT2D eigenvalue weighted by Gasteiger charge is 2.33. The number of nitrogens with zero attached hydrogens (tertiary/aromatic N) is 3. The molecule has 3 heterocycles. The van der Waals surface area contributed by atoms with Crippen molar-refractivity contribution in [2.45, 2.75) is 44.7 Å². The molecule has 0 bridgehead atoms. The van der Waals surface area contributed by atoms with Crippen LogP contribution in [0.2, 0.25) is 0 Å². The van der Waals surface area contributed by atoms with E-state index in [1.807, 2.05) is 18.2 Å². The molecule has 126 valence electrons. The number of nitrogens with one attached hydrogen (secondary N) is 3. The second-order valence-corrected chi connectivity index (χ2v) is 6.68. The molecule has 0 spiro atoms. The van der Waals surface area contributed by atoms with Crippen LogP contribution in [-0.2, 0) is 6.42 Å². The second-order valence-electron chi connectivity index (χ2n) is 6.68. The molecule has 3 N–H and O–H groups in total. The number of aryl methyl sites for hydroxylation is 1. The van der Waals surface area contributed by atoms with Crippen LogP contribution in [-0.4, -0.2) is 33.6 Å². The van der Waals surface area contributed by atoms with E-state index < -0.39 is 0 Å². The van der Waals surface area contributed by atoms with Gasteiger partial charge in [0.1, 0.15) is 11.5 Å². The van der Waals surface area contributed by atoms with E-state index >= 15 is 0 Å². The molecule has 2 aromatic rings. The highest BCUT2D eigenvalue weighted by atomic mass is 15.4. The minimum atomic E-state index is 0.476. The van der Waals surface area contributed by atoms with Crippen molar-refractivity contribution in [1.82, 2.24) is 25.8 Å². The van der Waals surface area contributed by atoms with E-state index in [9.17, 15) is 0 Å². The quantitative estimate of drug-likeness (QED) is 0.800. The van der Waals surface area contributed by atoms with Gasteiger partial charge in [0.25, 0.3) is 0 Å². The van der Waals surface area contributed by atoms with Gasteiger partial charge in [-0.1, -0.05) is 13.0 Å². The molecule has 2 aliphatic rings. The topological polar surface area (TPSA) is 74.8 Å². The molecule has 0 amide bonds. The van der Waals surface area contributed by atoms with E-state index in [1.54, 1.807) is 6.20 Å². The van der Waals surface area contributed by atoms with E-state index in [0.29, 0.717) is 23.8 Å². The summed E-state index contributed by atoms with van der Waals surface area (Å²) in [6.45, 7) is 3.18. The third-order valence-corrected chi connectivity index (χ3v) is 5.02. The first-order valence-corrected chi connectivity index (χ1v) is 8.86. The first kappa shape index (κ1) is 15.5. The van der Waals surface area contributed by atoms with Gasteiger partial charge in [0.2, 0.25) is 0 Å². The third-order valence-electron chi connectivity index (χ3n) is 5.02. The van der Waals surface area contributed by atoms with Gasteiger partial charge in [-0.05, 0) is 43.7 Å². The molecule has 6 heteroatoms. The van der Waals surface area contributed by atoms with Crippen molar-refractivity contribution in [2.24, 2.45) is 5.92 Å². The summed E-state index contributed by atoms with van der Waals surface area (Å²) in [5.74, 6) is 2.33. The first-order valence-electron chi connectivity index (χ1n) is 8.86. The molecular formula is C18H24N6. The van der Waals surface area contributed by atoms with Gasteiger partial charge in [-0.2, -0.15) is 0 Å². The maximum absolute atomic E-state index is 4.72. The van der Waals surface area contributed by atoms with Crippen molar-refractivity contribution >= 4 is 5.82 Å². The zero-order chi connectivity index (χ0) is 16.4. The maximum atomic E-state index is 4.72. The van der Waals surface area contributed by atoms with Crippen LogP contribution in [0.3, 0.4) is 0 Å². The fourth-order valence-electron chi connectivity index (χ4n) is 3.70.